The molecule has 1 unspecified atom stereocenters. The molecule has 3 heterocycles. The molecule has 3 aliphatic rings. The zero-order valence-corrected chi connectivity index (χ0v) is 15.3. The fraction of sp³-hybridized carbons (Fsp3) is 0.632. The maximum Gasteiger partial charge on any atom is 0.194 e. The van der Waals surface area contributed by atoms with E-state index in [0.717, 1.165) is 25.6 Å². The van der Waals surface area contributed by atoms with Gasteiger partial charge in [0.1, 0.15) is 0 Å². The van der Waals surface area contributed by atoms with Crippen molar-refractivity contribution >= 4 is 5.96 Å². The Morgan fingerprint density at radius 1 is 1.21 bits per heavy atom. The Bertz CT molecular complexity index is 545. The summed E-state index contributed by atoms with van der Waals surface area (Å²) in [4.78, 5) is 12.3. The van der Waals surface area contributed by atoms with Crippen LogP contribution in [0.4, 0.5) is 0 Å². The maximum absolute atomic E-state index is 4.93. The summed E-state index contributed by atoms with van der Waals surface area (Å²) >= 11 is 0. The molecule has 4 rings (SSSR count). The van der Waals surface area contributed by atoms with Gasteiger partial charge in [-0.1, -0.05) is 29.8 Å². The van der Waals surface area contributed by atoms with Crippen LogP contribution < -0.4 is 5.32 Å². The van der Waals surface area contributed by atoms with Crippen LogP contribution in [0.1, 0.15) is 18.1 Å². The van der Waals surface area contributed by atoms with Gasteiger partial charge >= 0.3 is 0 Å². The quantitative estimate of drug-likeness (QED) is 0.654. The fourth-order valence-corrected chi connectivity index (χ4v) is 3.60. The monoisotopic (exact) mass is 329 g/mol. The van der Waals surface area contributed by atoms with Gasteiger partial charge in [0.25, 0.3) is 0 Å². The maximum atomic E-state index is 4.93. The van der Waals surface area contributed by atoms with Crippen molar-refractivity contribution in [2.75, 3.05) is 52.9 Å². The van der Waals surface area contributed by atoms with Gasteiger partial charge in [-0.2, -0.15) is 0 Å². The third kappa shape index (κ3) is 4.28. The fourth-order valence-electron chi connectivity index (χ4n) is 3.60. The molecule has 1 aromatic rings. The summed E-state index contributed by atoms with van der Waals surface area (Å²) in [6.07, 6.45) is 0. The molecule has 0 spiro atoms. The summed E-state index contributed by atoms with van der Waals surface area (Å²) in [5, 5.41) is 3.44. The predicted octanol–water partition coefficient (Wildman–Crippen LogP) is 1.39. The van der Waals surface area contributed by atoms with E-state index < -0.39 is 0 Å². The lowest BCUT2D eigenvalue weighted by atomic mass is 10.1. The largest absolute Gasteiger partial charge is 0.357 e. The van der Waals surface area contributed by atoms with E-state index in [9.17, 15) is 0 Å². The Labute approximate surface area is 146 Å². The minimum Gasteiger partial charge on any atom is -0.357 e. The molecule has 5 nitrogen and oxygen atoms in total. The molecule has 0 radical (unpaired) electrons. The number of aliphatic imine (C=N–C) groups is 1. The summed E-state index contributed by atoms with van der Waals surface area (Å²) in [5.74, 6) is 1.01. The first-order valence-electron chi connectivity index (χ1n) is 9.17. The minimum absolute atomic E-state index is 0.578. The summed E-state index contributed by atoms with van der Waals surface area (Å²) < 4.78 is 0. The molecule has 0 aliphatic carbocycles. The molecule has 0 aromatic heterocycles. The number of guanidine groups is 1. The average molecular weight is 329 g/mol. The molecule has 3 saturated heterocycles. The highest BCUT2D eigenvalue weighted by molar-refractivity contribution is 5.79. The molecule has 2 bridgehead atoms. The number of fused-ring (bicyclic) bond motifs is 3. The SMILES string of the molecule is CCNC(=NCC1CN2CCN1CC2)N(C)Cc1ccc(C)cc1. The van der Waals surface area contributed by atoms with E-state index in [4.69, 9.17) is 4.99 Å². The number of nitrogens with zero attached hydrogens (tertiary/aromatic N) is 4. The molecular formula is C19H31N5. The highest BCUT2D eigenvalue weighted by Crippen LogP contribution is 2.16. The molecule has 1 aromatic carbocycles. The zero-order valence-electron chi connectivity index (χ0n) is 15.3. The van der Waals surface area contributed by atoms with Gasteiger partial charge in [-0.25, -0.2) is 0 Å². The number of benzene rings is 1. The highest BCUT2D eigenvalue weighted by atomic mass is 15.4. The van der Waals surface area contributed by atoms with Crippen molar-refractivity contribution in [2.24, 2.45) is 4.99 Å². The zero-order chi connectivity index (χ0) is 16.9. The summed E-state index contributed by atoms with van der Waals surface area (Å²) in [6, 6.07) is 9.33. The van der Waals surface area contributed by atoms with Crippen molar-refractivity contribution in [3.63, 3.8) is 0 Å². The van der Waals surface area contributed by atoms with Gasteiger partial charge in [0.2, 0.25) is 0 Å². The molecule has 0 saturated carbocycles. The van der Waals surface area contributed by atoms with Gasteiger partial charge in [0, 0.05) is 58.9 Å². The summed E-state index contributed by atoms with van der Waals surface area (Å²) in [5.41, 5.74) is 2.62. The Hall–Kier alpha value is -1.59. The third-order valence-electron chi connectivity index (χ3n) is 5.08. The van der Waals surface area contributed by atoms with Crippen molar-refractivity contribution in [3.05, 3.63) is 35.4 Å². The number of rotatable bonds is 5. The third-order valence-corrected chi connectivity index (χ3v) is 5.08. The molecule has 3 aliphatic heterocycles. The van der Waals surface area contributed by atoms with Crippen LogP contribution in [0.5, 0.6) is 0 Å². The second-order valence-corrected chi connectivity index (χ2v) is 7.03. The van der Waals surface area contributed by atoms with Crippen LogP contribution >= 0.6 is 0 Å². The second kappa shape index (κ2) is 7.99. The molecule has 5 heteroatoms. The first kappa shape index (κ1) is 17.2. The lowest BCUT2D eigenvalue weighted by Crippen LogP contribution is -2.62. The van der Waals surface area contributed by atoms with Crippen molar-refractivity contribution in [1.29, 1.82) is 0 Å². The molecule has 1 N–H and O–H groups in total. The van der Waals surface area contributed by atoms with Crippen LogP contribution in [-0.2, 0) is 6.54 Å². The van der Waals surface area contributed by atoms with Crippen LogP contribution in [0.15, 0.2) is 29.3 Å². The molecule has 132 valence electrons. The van der Waals surface area contributed by atoms with E-state index in [0.29, 0.717) is 6.04 Å². The van der Waals surface area contributed by atoms with Crippen molar-refractivity contribution in [3.8, 4) is 0 Å². The van der Waals surface area contributed by atoms with E-state index in [1.54, 1.807) is 0 Å². The number of aryl methyl sites for hydroxylation is 1. The smallest absolute Gasteiger partial charge is 0.194 e. The summed E-state index contributed by atoms with van der Waals surface area (Å²) in [6.45, 7) is 13.0. The standard InChI is InChI=1S/C19H31N5/c1-4-20-19(22(3)14-17-7-5-16(2)6-8-17)21-13-18-15-23-9-11-24(18)12-10-23/h5-8,18H,4,9-15H2,1-3H3,(H,20,21). The van der Waals surface area contributed by atoms with Gasteiger partial charge in [-0.15, -0.1) is 0 Å². The Morgan fingerprint density at radius 3 is 2.50 bits per heavy atom. The van der Waals surface area contributed by atoms with Gasteiger partial charge < -0.3 is 10.2 Å². The van der Waals surface area contributed by atoms with Crippen molar-refractivity contribution < 1.29 is 0 Å². The number of hydrogen-bond acceptors (Lipinski definition) is 3. The van der Waals surface area contributed by atoms with Crippen molar-refractivity contribution in [1.82, 2.24) is 20.0 Å². The van der Waals surface area contributed by atoms with Crippen molar-refractivity contribution in [2.45, 2.75) is 26.4 Å². The lowest BCUT2D eigenvalue weighted by molar-refractivity contribution is 0.0173. The van der Waals surface area contributed by atoms with Crippen LogP contribution in [0, 0.1) is 6.92 Å². The molecular weight excluding hydrogens is 298 g/mol. The Kier molecular flexibility index (Phi) is 5.74. The van der Waals surface area contributed by atoms with Crippen LogP contribution in [0.2, 0.25) is 0 Å². The molecule has 0 amide bonds. The van der Waals surface area contributed by atoms with Crippen LogP contribution in [0.3, 0.4) is 0 Å². The summed E-state index contributed by atoms with van der Waals surface area (Å²) in [7, 11) is 2.12. The topological polar surface area (TPSA) is 34.1 Å². The van der Waals surface area contributed by atoms with Gasteiger partial charge in [-0.3, -0.25) is 14.8 Å². The number of nitrogens with one attached hydrogen (secondary N) is 1. The normalized spacial score (nSPS) is 26.5. The van der Waals surface area contributed by atoms with E-state index in [1.807, 2.05) is 0 Å². The molecule has 24 heavy (non-hydrogen) atoms. The Balaban J connectivity index is 1.61. The van der Waals surface area contributed by atoms with Gasteiger partial charge in [-0.05, 0) is 19.4 Å². The predicted molar refractivity (Wildman–Crippen MR) is 100 cm³/mol. The first-order chi connectivity index (χ1) is 11.7. The molecule has 1 atom stereocenters. The first-order valence-corrected chi connectivity index (χ1v) is 9.17. The van der Waals surface area contributed by atoms with Crippen LogP contribution in [0.25, 0.3) is 0 Å². The van der Waals surface area contributed by atoms with E-state index >= 15 is 0 Å². The second-order valence-electron chi connectivity index (χ2n) is 7.03. The van der Waals surface area contributed by atoms with Gasteiger partial charge in [0.05, 0.1) is 6.54 Å². The highest BCUT2D eigenvalue weighted by Gasteiger charge is 2.31. The van der Waals surface area contributed by atoms with E-state index in [1.165, 1.54) is 43.9 Å². The molecule has 3 fully saturated rings. The lowest BCUT2D eigenvalue weighted by Gasteiger charge is -2.47. The van der Waals surface area contributed by atoms with E-state index in [2.05, 4.69) is 65.2 Å². The number of piperazine rings is 3. The number of hydrogen-bond donors (Lipinski definition) is 1. The van der Waals surface area contributed by atoms with Crippen LogP contribution in [-0.4, -0.2) is 79.6 Å². The van der Waals surface area contributed by atoms with E-state index in [-0.39, 0.29) is 0 Å². The minimum atomic E-state index is 0.578. The Morgan fingerprint density at radius 2 is 1.92 bits per heavy atom. The average Bonchev–Trinajstić information content (AvgIpc) is 2.61. The van der Waals surface area contributed by atoms with Gasteiger partial charge in [0.15, 0.2) is 5.96 Å².